The van der Waals surface area contributed by atoms with Crippen LogP contribution in [0.25, 0.3) is 0 Å². The zero-order valence-corrected chi connectivity index (χ0v) is 14.1. The molecule has 1 aliphatic heterocycles. The van der Waals surface area contributed by atoms with Crippen molar-refractivity contribution in [2.75, 3.05) is 26.2 Å². The summed E-state index contributed by atoms with van der Waals surface area (Å²) in [6.07, 6.45) is -7.54. The molecule has 0 spiro atoms. The first-order valence-electron chi connectivity index (χ1n) is 7.84. The van der Waals surface area contributed by atoms with Gasteiger partial charge in [-0.05, 0) is 32.4 Å². The van der Waals surface area contributed by atoms with Crippen LogP contribution in [0.2, 0.25) is 0 Å². The van der Waals surface area contributed by atoms with Crippen LogP contribution in [0.5, 0.6) is 0 Å². The summed E-state index contributed by atoms with van der Waals surface area (Å²) in [5, 5.41) is 0. The zero-order chi connectivity index (χ0) is 17.9. The maximum absolute atomic E-state index is 12.4. The van der Waals surface area contributed by atoms with E-state index in [-0.39, 0.29) is 0 Å². The molecule has 0 N–H and O–H groups in total. The van der Waals surface area contributed by atoms with Crippen LogP contribution in [0, 0.1) is 13.8 Å². The van der Waals surface area contributed by atoms with Crippen molar-refractivity contribution in [2.45, 2.75) is 39.6 Å². The average Bonchev–Trinajstić information content (AvgIpc) is 2.49. The molecule has 2 heterocycles. The molecule has 0 aliphatic carbocycles. The Labute approximate surface area is 139 Å². The standard InChI is InChI=1S/C16H22F3N3O2/c1-11-4-5-14(12(2)20-11)10-21-6-8-22(9-7-21)15(23)24-13(3)16(17,18)19/h4-5,13H,6-10H2,1-3H3. The van der Waals surface area contributed by atoms with Gasteiger partial charge in [0.25, 0.3) is 0 Å². The maximum atomic E-state index is 12.4. The molecule has 8 heteroatoms. The molecular weight excluding hydrogens is 323 g/mol. The van der Waals surface area contributed by atoms with Gasteiger partial charge in [-0.1, -0.05) is 6.07 Å². The number of aromatic nitrogens is 1. The van der Waals surface area contributed by atoms with Crippen molar-refractivity contribution in [3.63, 3.8) is 0 Å². The smallest absolute Gasteiger partial charge is 0.425 e. The van der Waals surface area contributed by atoms with Gasteiger partial charge in [-0.3, -0.25) is 9.88 Å². The minimum absolute atomic E-state index is 0.349. The highest BCUT2D eigenvalue weighted by atomic mass is 19.4. The predicted octanol–water partition coefficient (Wildman–Crippen LogP) is 2.90. The van der Waals surface area contributed by atoms with Gasteiger partial charge in [-0.25, -0.2) is 4.79 Å². The van der Waals surface area contributed by atoms with E-state index in [1.807, 2.05) is 26.0 Å². The van der Waals surface area contributed by atoms with Gasteiger partial charge in [0, 0.05) is 44.1 Å². The van der Waals surface area contributed by atoms with Crippen LogP contribution in [0.1, 0.15) is 23.9 Å². The summed E-state index contributed by atoms with van der Waals surface area (Å²) in [5.74, 6) is 0. The number of halogens is 3. The minimum Gasteiger partial charge on any atom is -0.437 e. The number of piperazine rings is 1. The topological polar surface area (TPSA) is 45.7 Å². The molecule has 0 aromatic carbocycles. The summed E-state index contributed by atoms with van der Waals surface area (Å²) in [4.78, 5) is 19.7. The Morgan fingerprint density at radius 3 is 2.42 bits per heavy atom. The SMILES string of the molecule is Cc1ccc(CN2CCN(C(=O)OC(C)C(F)(F)F)CC2)c(C)n1. The van der Waals surface area contributed by atoms with E-state index in [2.05, 4.69) is 14.6 Å². The van der Waals surface area contributed by atoms with Crippen molar-refractivity contribution in [1.82, 2.24) is 14.8 Å². The number of carbonyl (C=O) groups excluding carboxylic acids is 1. The van der Waals surface area contributed by atoms with Crippen LogP contribution in [0.4, 0.5) is 18.0 Å². The molecule has 1 aromatic rings. The second-order valence-electron chi connectivity index (χ2n) is 6.03. The number of amides is 1. The van der Waals surface area contributed by atoms with E-state index in [0.29, 0.717) is 32.7 Å². The lowest BCUT2D eigenvalue weighted by Gasteiger charge is -2.34. The van der Waals surface area contributed by atoms with Gasteiger partial charge in [-0.2, -0.15) is 13.2 Å². The van der Waals surface area contributed by atoms with Crippen LogP contribution >= 0.6 is 0 Å². The van der Waals surface area contributed by atoms with Crippen molar-refractivity contribution < 1.29 is 22.7 Å². The third-order valence-corrected chi connectivity index (χ3v) is 4.10. The van der Waals surface area contributed by atoms with Gasteiger partial charge < -0.3 is 9.64 Å². The molecule has 1 aliphatic rings. The Balaban J connectivity index is 1.84. The summed E-state index contributed by atoms with van der Waals surface area (Å²) < 4.78 is 41.8. The van der Waals surface area contributed by atoms with Gasteiger partial charge in [0.1, 0.15) is 0 Å². The van der Waals surface area contributed by atoms with Crippen LogP contribution < -0.4 is 0 Å². The van der Waals surface area contributed by atoms with Crippen LogP contribution in [-0.4, -0.2) is 59.3 Å². The van der Waals surface area contributed by atoms with Crippen molar-refractivity contribution in [3.05, 3.63) is 29.1 Å². The van der Waals surface area contributed by atoms with Gasteiger partial charge >= 0.3 is 12.3 Å². The lowest BCUT2D eigenvalue weighted by atomic mass is 10.1. The first-order valence-corrected chi connectivity index (χ1v) is 7.84. The minimum atomic E-state index is -4.53. The number of carbonyl (C=O) groups is 1. The molecule has 2 rings (SSSR count). The third-order valence-electron chi connectivity index (χ3n) is 4.10. The lowest BCUT2D eigenvalue weighted by molar-refractivity contribution is -0.200. The molecule has 1 unspecified atom stereocenters. The van der Waals surface area contributed by atoms with E-state index < -0.39 is 18.4 Å². The molecule has 0 saturated carbocycles. The average molecular weight is 345 g/mol. The van der Waals surface area contributed by atoms with Gasteiger partial charge in [0.05, 0.1) is 0 Å². The fraction of sp³-hybridized carbons (Fsp3) is 0.625. The Morgan fingerprint density at radius 2 is 1.88 bits per heavy atom. The molecule has 1 saturated heterocycles. The number of pyridine rings is 1. The normalized spacial score (nSPS) is 17.7. The Kier molecular flexibility index (Phi) is 5.69. The van der Waals surface area contributed by atoms with E-state index in [0.717, 1.165) is 23.9 Å². The molecule has 5 nitrogen and oxygen atoms in total. The molecule has 24 heavy (non-hydrogen) atoms. The van der Waals surface area contributed by atoms with Crippen LogP contribution in [0.3, 0.4) is 0 Å². The number of ether oxygens (including phenoxy) is 1. The van der Waals surface area contributed by atoms with Crippen molar-refractivity contribution in [1.29, 1.82) is 0 Å². The summed E-state index contributed by atoms with van der Waals surface area (Å²) in [7, 11) is 0. The van der Waals surface area contributed by atoms with E-state index in [1.54, 1.807) is 0 Å². The van der Waals surface area contributed by atoms with E-state index in [4.69, 9.17) is 0 Å². The first-order chi connectivity index (χ1) is 11.2. The largest absolute Gasteiger partial charge is 0.437 e. The van der Waals surface area contributed by atoms with Crippen LogP contribution in [-0.2, 0) is 11.3 Å². The summed E-state index contributed by atoms with van der Waals surface area (Å²) in [5.41, 5.74) is 3.04. The third kappa shape index (κ3) is 4.83. The Morgan fingerprint density at radius 1 is 1.25 bits per heavy atom. The number of aryl methyl sites for hydroxylation is 2. The van der Waals surface area contributed by atoms with Crippen molar-refractivity contribution >= 4 is 6.09 Å². The van der Waals surface area contributed by atoms with Crippen LogP contribution in [0.15, 0.2) is 12.1 Å². The van der Waals surface area contributed by atoms with Gasteiger partial charge in [0.2, 0.25) is 0 Å². The number of nitrogens with zero attached hydrogens (tertiary/aromatic N) is 3. The molecular formula is C16H22F3N3O2. The molecule has 134 valence electrons. The highest BCUT2D eigenvalue weighted by molar-refractivity contribution is 5.68. The number of hydrogen-bond donors (Lipinski definition) is 0. The van der Waals surface area contributed by atoms with E-state index in [9.17, 15) is 18.0 Å². The summed E-state index contributed by atoms with van der Waals surface area (Å²) >= 11 is 0. The zero-order valence-electron chi connectivity index (χ0n) is 14.1. The maximum Gasteiger partial charge on any atom is 0.425 e. The number of alkyl halides is 3. The van der Waals surface area contributed by atoms with Gasteiger partial charge in [0.15, 0.2) is 6.10 Å². The fourth-order valence-electron chi connectivity index (χ4n) is 2.50. The summed E-state index contributed by atoms with van der Waals surface area (Å²) in [6.45, 7) is 7.30. The van der Waals surface area contributed by atoms with Crippen molar-refractivity contribution in [3.8, 4) is 0 Å². The monoisotopic (exact) mass is 345 g/mol. The second kappa shape index (κ2) is 7.38. The highest BCUT2D eigenvalue weighted by Gasteiger charge is 2.40. The molecule has 1 atom stereocenters. The number of rotatable bonds is 3. The number of hydrogen-bond acceptors (Lipinski definition) is 4. The summed E-state index contributed by atoms with van der Waals surface area (Å²) in [6, 6.07) is 3.98. The molecule has 1 aromatic heterocycles. The molecule has 1 fully saturated rings. The Bertz CT molecular complexity index is 584. The van der Waals surface area contributed by atoms with Gasteiger partial charge in [-0.15, -0.1) is 0 Å². The Hall–Kier alpha value is -1.83. The predicted molar refractivity (Wildman–Crippen MR) is 82.6 cm³/mol. The van der Waals surface area contributed by atoms with Crippen molar-refractivity contribution in [2.24, 2.45) is 0 Å². The molecule has 0 bridgehead atoms. The lowest BCUT2D eigenvalue weighted by Crippen LogP contribution is -2.49. The van der Waals surface area contributed by atoms with E-state index in [1.165, 1.54) is 4.90 Å². The molecule has 1 amide bonds. The fourth-order valence-corrected chi connectivity index (χ4v) is 2.50. The van der Waals surface area contributed by atoms with E-state index >= 15 is 0 Å². The molecule has 0 radical (unpaired) electrons. The second-order valence-corrected chi connectivity index (χ2v) is 6.03. The first kappa shape index (κ1) is 18.5. The quantitative estimate of drug-likeness (QED) is 0.845. The highest BCUT2D eigenvalue weighted by Crippen LogP contribution is 2.23.